The van der Waals surface area contributed by atoms with Crippen molar-refractivity contribution in [1.82, 2.24) is 0 Å². The van der Waals surface area contributed by atoms with Crippen molar-refractivity contribution in [2.75, 3.05) is 0 Å². The fourth-order valence-electron chi connectivity index (χ4n) is 7.44. The zero-order valence-electron chi connectivity index (χ0n) is 41.4. The number of allylic oxidation sites excluding steroid dienone is 7. The van der Waals surface area contributed by atoms with Gasteiger partial charge in [0.2, 0.25) is 0 Å². The highest BCUT2D eigenvalue weighted by Gasteiger charge is 2.13. The molecule has 57 heavy (non-hydrogen) atoms. The Hall–Kier alpha value is -1.13. The van der Waals surface area contributed by atoms with Gasteiger partial charge in [0.25, 0.3) is 0 Å². The Morgan fingerprint density at radius 2 is 0.930 bits per heavy atom. The summed E-state index contributed by atoms with van der Waals surface area (Å²) in [5.41, 5.74) is 4.07. The molecule has 0 aliphatic heterocycles. The first kappa shape index (κ1) is 65.0. The summed E-state index contributed by atoms with van der Waals surface area (Å²) < 4.78 is 0. The summed E-state index contributed by atoms with van der Waals surface area (Å²) in [5, 5.41) is 0. The summed E-state index contributed by atoms with van der Waals surface area (Å²) in [7, 11) is 3.07. The fraction of sp³-hybridized carbons (Fsp3) is 0.786. The van der Waals surface area contributed by atoms with Gasteiger partial charge in [-0.2, -0.15) is 0 Å². The lowest BCUT2D eigenvalue weighted by Crippen LogP contribution is -2.05. The maximum atomic E-state index is 4.48. The van der Waals surface area contributed by atoms with Crippen LogP contribution < -0.4 is 0 Å². The van der Waals surface area contributed by atoms with Gasteiger partial charge in [-0.15, -0.1) is 35.6 Å². The SMILES string of the molecule is C=C.C=C.C=C(CCCCCCC/C=C\CC(C)CCCCCC)CCCC(CCC)/C(=C/CC)CCCCCCC/C=C\CC(P)CCCCCC.CC.CC. The molecule has 0 aliphatic carbocycles. The second kappa shape index (κ2) is 61.5. The lowest BCUT2D eigenvalue weighted by Gasteiger charge is -2.21. The smallest absolute Gasteiger partial charge is 0.0203 e. The van der Waals surface area contributed by atoms with Crippen LogP contribution in [-0.4, -0.2) is 5.66 Å². The van der Waals surface area contributed by atoms with Crippen molar-refractivity contribution in [2.24, 2.45) is 11.8 Å². The second-order valence-corrected chi connectivity index (χ2v) is 16.8. The summed E-state index contributed by atoms with van der Waals surface area (Å²) >= 11 is 0. The third kappa shape index (κ3) is 54.9. The van der Waals surface area contributed by atoms with E-state index in [0.29, 0.717) is 0 Å². The molecular weight excluding hydrogens is 704 g/mol. The first-order valence-corrected chi connectivity index (χ1v) is 26.1. The average Bonchev–Trinajstić information content (AvgIpc) is 3.24. The Balaban J connectivity index is -0.00000105. The Bertz CT molecular complexity index is 800. The second-order valence-electron chi connectivity index (χ2n) is 15.9. The quantitative estimate of drug-likeness (QED) is 0.0331. The van der Waals surface area contributed by atoms with Crippen LogP contribution in [0.3, 0.4) is 0 Å². The molecule has 0 fully saturated rings. The molecule has 0 saturated heterocycles. The van der Waals surface area contributed by atoms with Gasteiger partial charge >= 0.3 is 0 Å². The molecule has 0 aromatic heterocycles. The summed E-state index contributed by atoms with van der Waals surface area (Å²) in [6.07, 6.45) is 55.6. The maximum Gasteiger partial charge on any atom is -0.0203 e. The van der Waals surface area contributed by atoms with Gasteiger partial charge in [0.15, 0.2) is 0 Å². The van der Waals surface area contributed by atoms with Gasteiger partial charge < -0.3 is 0 Å². The molecule has 340 valence electrons. The first-order valence-electron chi connectivity index (χ1n) is 25.4. The van der Waals surface area contributed by atoms with Crippen LogP contribution >= 0.6 is 9.24 Å². The van der Waals surface area contributed by atoms with E-state index in [9.17, 15) is 0 Å². The lowest BCUT2D eigenvalue weighted by molar-refractivity contribution is 0.466. The van der Waals surface area contributed by atoms with Gasteiger partial charge in [0.1, 0.15) is 0 Å². The van der Waals surface area contributed by atoms with Crippen molar-refractivity contribution in [3.05, 3.63) is 74.4 Å². The molecule has 0 saturated carbocycles. The van der Waals surface area contributed by atoms with Gasteiger partial charge in [-0.25, -0.2) is 0 Å². The fourth-order valence-corrected chi connectivity index (χ4v) is 7.83. The largest absolute Gasteiger partial charge is 0.134 e. The van der Waals surface area contributed by atoms with Gasteiger partial charge in [0.05, 0.1) is 0 Å². The van der Waals surface area contributed by atoms with E-state index in [1.807, 2.05) is 27.7 Å². The molecule has 0 aliphatic rings. The van der Waals surface area contributed by atoms with E-state index < -0.39 is 0 Å². The van der Waals surface area contributed by atoms with Crippen LogP contribution in [0.1, 0.15) is 268 Å². The van der Waals surface area contributed by atoms with Gasteiger partial charge in [-0.1, -0.05) is 213 Å². The third-order valence-corrected chi connectivity index (χ3v) is 11.3. The van der Waals surface area contributed by atoms with E-state index in [-0.39, 0.29) is 0 Å². The highest BCUT2D eigenvalue weighted by Crippen LogP contribution is 2.29. The topological polar surface area (TPSA) is 0 Å². The number of hydrogen-bond donors (Lipinski definition) is 0. The Kier molecular flexibility index (Phi) is 70.2. The van der Waals surface area contributed by atoms with Crippen LogP contribution in [0.15, 0.2) is 74.4 Å². The predicted molar refractivity (Wildman–Crippen MR) is 277 cm³/mol. The van der Waals surface area contributed by atoms with Crippen LogP contribution in [-0.2, 0) is 0 Å². The zero-order chi connectivity index (χ0) is 44.0. The standard InChI is InChI=1S/C48H91P.2C2H6.2C2H4/c1-7-11-13-27-36-44(5)37-28-23-19-15-16-20-24-29-38-45(6)39-33-41-47(35-10-4)46(34-9-3)40-30-25-21-17-18-22-26-32-43-48(49)42-31-14-12-8-2;4*1-2/h23,26,28,32,34,44,47-48H,6-22,24-25,27,29-31,33,35-43,49H2,1-5H3;2*1-2H3;2*1-2H2/b28-23-,32-26-,46-34+;;;;. The summed E-state index contributed by atoms with van der Waals surface area (Å²) in [4.78, 5) is 0. The van der Waals surface area contributed by atoms with Crippen molar-refractivity contribution in [1.29, 1.82) is 0 Å². The minimum Gasteiger partial charge on any atom is -0.134 e. The molecule has 4 atom stereocenters. The third-order valence-electron chi connectivity index (χ3n) is 10.7. The summed E-state index contributed by atoms with van der Waals surface area (Å²) in [5.74, 6) is 1.66. The van der Waals surface area contributed by atoms with Crippen LogP contribution in [0.2, 0.25) is 0 Å². The van der Waals surface area contributed by atoms with Crippen LogP contribution in [0.5, 0.6) is 0 Å². The van der Waals surface area contributed by atoms with Crippen molar-refractivity contribution in [3.8, 4) is 0 Å². The normalized spacial score (nSPS) is 12.6. The molecule has 0 rings (SSSR count). The molecule has 0 radical (unpaired) electrons. The summed E-state index contributed by atoms with van der Waals surface area (Å²) in [6.45, 7) is 36.2. The van der Waals surface area contributed by atoms with Gasteiger partial charge in [-0.3, -0.25) is 0 Å². The molecular formula is C56H111P. The van der Waals surface area contributed by atoms with Crippen LogP contribution in [0, 0.1) is 11.8 Å². The van der Waals surface area contributed by atoms with Crippen molar-refractivity contribution in [2.45, 2.75) is 273 Å². The van der Waals surface area contributed by atoms with Gasteiger partial charge in [0, 0.05) is 0 Å². The minimum atomic E-state index is 0.778. The molecule has 0 aromatic rings. The molecule has 0 nitrogen and oxygen atoms in total. The molecule has 0 bridgehead atoms. The van der Waals surface area contributed by atoms with Crippen molar-refractivity contribution < 1.29 is 0 Å². The highest BCUT2D eigenvalue weighted by atomic mass is 31.0. The van der Waals surface area contributed by atoms with Crippen molar-refractivity contribution in [3.63, 3.8) is 0 Å². The Morgan fingerprint density at radius 1 is 0.474 bits per heavy atom. The molecule has 0 spiro atoms. The highest BCUT2D eigenvalue weighted by molar-refractivity contribution is 7.17. The molecule has 0 amide bonds. The monoisotopic (exact) mass is 815 g/mol. The molecule has 4 unspecified atom stereocenters. The summed E-state index contributed by atoms with van der Waals surface area (Å²) in [6, 6.07) is 0. The Labute approximate surface area is 367 Å². The molecule has 0 heterocycles. The van der Waals surface area contributed by atoms with Crippen LogP contribution in [0.25, 0.3) is 0 Å². The number of unbranched alkanes of at least 4 members (excludes halogenated alkanes) is 16. The van der Waals surface area contributed by atoms with Crippen molar-refractivity contribution >= 4 is 9.24 Å². The first-order chi connectivity index (χ1) is 28.0. The van der Waals surface area contributed by atoms with E-state index in [4.69, 9.17) is 0 Å². The molecule has 1 heteroatoms. The zero-order valence-corrected chi connectivity index (χ0v) is 42.5. The van der Waals surface area contributed by atoms with E-state index in [0.717, 1.165) is 17.5 Å². The average molecular weight is 815 g/mol. The van der Waals surface area contributed by atoms with E-state index in [1.165, 1.54) is 211 Å². The van der Waals surface area contributed by atoms with E-state index in [1.54, 1.807) is 5.57 Å². The molecule has 0 aromatic carbocycles. The Morgan fingerprint density at radius 3 is 1.46 bits per heavy atom. The minimum absolute atomic E-state index is 0.778. The molecule has 0 N–H and O–H groups in total. The van der Waals surface area contributed by atoms with E-state index >= 15 is 0 Å². The van der Waals surface area contributed by atoms with Gasteiger partial charge in [-0.05, 0) is 120 Å². The maximum absolute atomic E-state index is 4.48. The number of hydrogen-bond acceptors (Lipinski definition) is 0. The van der Waals surface area contributed by atoms with Crippen LogP contribution in [0.4, 0.5) is 0 Å². The van der Waals surface area contributed by atoms with E-state index in [2.05, 4.69) is 107 Å². The lowest BCUT2D eigenvalue weighted by atomic mass is 9.85. The number of rotatable bonds is 38. The predicted octanol–water partition coefficient (Wildman–Crippen LogP) is 21.3.